The number of hydrogen-bond acceptors (Lipinski definition) is 5. The standard InChI is InChI=1S/C24H24BrNO4/c1-4-30-21(28)12-11-20(27)23-24(29)22(25)18-10-9-17(13-19(18)26-23)16-7-5-15(6-8-16)14(2)3/h5-10,13-14,29H,4,11-12H2,1-3H3. The summed E-state index contributed by atoms with van der Waals surface area (Å²) in [6.07, 6.45) is -0.126. The number of benzene rings is 2. The normalized spacial score (nSPS) is 11.1. The number of carbonyl (C=O) groups is 2. The van der Waals surface area contributed by atoms with Crippen molar-refractivity contribution in [1.82, 2.24) is 4.98 Å². The molecule has 156 valence electrons. The van der Waals surface area contributed by atoms with Crippen molar-refractivity contribution in [1.29, 1.82) is 0 Å². The van der Waals surface area contributed by atoms with Gasteiger partial charge in [-0.25, -0.2) is 4.98 Å². The summed E-state index contributed by atoms with van der Waals surface area (Å²) in [4.78, 5) is 28.5. The zero-order valence-electron chi connectivity index (χ0n) is 17.2. The van der Waals surface area contributed by atoms with Gasteiger partial charge in [0.1, 0.15) is 5.69 Å². The van der Waals surface area contributed by atoms with Crippen molar-refractivity contribution >= 4 is 38.6 Å². The van der Waals surface area contributed by atoms with Crippen LogP contribution < -0.4 is 0 Å². The monoisotopic (exact) mass is 469 g/mol. The summed E-state index contributed by atoms with van der Waals surface area (Å²) < 4.78 is 5.27. The third-order valence-corrected chi connectivity index (χ3v) is 5.74. The Balaban J connectivity index is 1.95. The first-order valence-electron chi connectivity index (χ1n) is 9.93. The Kier molecular flexibility index (Phi) is 6.87. The van der Waals surface area contributed by atoms with Crippen LogP contribution in [0.1, 0.15) is 55.6 Å². The Hall–Kier alpha value is -2.73. The highest BCUT2D eigenvalue weighted by atomic mass is 79.9. The van der Waals surface area contributed by atoms with Crippen molar-refractivity contribution in [2.24, 2.45) is 0 Å². The molecule has 0 amide bonds. The van der Waals surface area contributed by atoms with Gasteiger partial charge in [0.15, 0.2) is 11.5 Å². The van der Waals surface area contributed by atoms with Gasteiger partial charge in [0.25, 0.3) is 0 Å². The number of ketones is 1. The summed E-state index contributed by atoms with van der Waals surface area (Å²) in [7, 11) is 0. The number of aromatic nitrogens is 1. The van der Waals surface area contributed by atoms with E-state index >= 15 is 0 Å². The van der Waals surface area contributed by atoms with E-state index in [0.717, 1.165) is 11.1 Å². The molecule has 3 rings (SSSR count). The smallest absolute Gasteiger partial charge is 0.306 e. The molecule has 0 saturated heterocycles. The molecule has 1 aromatic heterocycles. The number of aromatic hydroxyl groups is 1. The molecule has 0 radical (unpaired) electrons. The van der Waals surface area contributed by atoms with Gasteiger partial charge in [-0.2, -0.15) is 0 Å². The minimum absolute atomic E-state index is 0.0499. The van der Waals surface area contributed by atoms with Crippen molar-refractivity contribution in [3.63, 3.8) is 0 Å². The number of hydrogen-bond donors (Lipinski definition) is 1. The molecule has 0 spiro atoms. The van der Waals surface area contributed by atoms with Crippen LogP contribution in [0.15, 0.2) is 46.9 Å². The van der Waals surface area contributed by atoms with Gasteiger partial charge in [-0.05, 0) is 51.5 Å². The van der Waals surface area contributed by atoms with Crippen molar-refractivity contribution in [3.05, 3.63) is 58.2 Å². The van der Waals surface area contributed by atoms with E-state index in [-0.39, 0.29) is 30.9 Å². The molecule has 0 fully saturated rings. The topological polar surface area (TPSA) is 76.5 Å². The van der Waals surface area contributed by atoms with Crippen molar-refractivity contribution in [2.45, 2.75) is 39.5 Å². The molecule has 30 heavy (non-hydrogen) atoms. The van der Waals surface area contributed by atoms with Crippen LogP contribution in [0.25, 0.3) is 22.0 Å². The number of nitrogens with zero attached hydrogens (tertiary/aromatic N) is 1. The highest BCUT2D eigenvalue weighted by molar-refractivity contribution is 9.10. The molecule has 2 aromatic carbocycles. The Labute approximate surface area is 184 Å². The lowest BCUT2D eigenvalue weighted by atomic mass is 9.98. The van der Waals surface area contributed by atoms with Crippen LogP contribution in [0.3, 0.4) is 0 Å². The van der Waals surface area contributed by atoms with Crippen LogP contribution >= 0.6 is 15.9 Å². The Morgan fingerprint density at radius 1 is 1.07 bits per heavy atom. The Bertz CT molecular complexity index is 1090. The van der Waals surface area contributed by atoms with Gasteiger partial charge in [-0.1, -0.05) is 50.2 Å². The second kappa shape index (κ2) is 9.39. The van der Waals surface area contributed by atoms with E-state index in [1.165, 1.54) is 5.56 Å². The number of pyridine rings is 1. The number of rotatable bonds is 7. The third kappa shape index (κ3) is 4.70. The minimum atomic E-state index is -0.447. The maximum atomic E-state index is 12.6. The largest absolute Gasteiger partial charge is 0.504 e. The molecule has 1 heterocycles. The predicted molar refractivity (Wildman–Crippen MR) is 121 cm³/mol. The Morgan fingerprint density at radius 3 is 2.37 bits per heavy atom. The SMILES string of the molecule is CCOC(=O)CCC(=O)c1nc2cc(-c3ccc(C(C)C)cc3)ccc2c(Br)c1O. The van der Waals surface area contributed by atoms with E-state index in [1.807, 2.05) is 18.2 Å². The van der Waals surface area contributed by atoms with Crippen LogP contribution in [0, 0.1) is 0 Å². The fourth-order valence-corrected chi connectivity index (χ4v) is 3.74. The molecule has 0 aliphatic carbocycles. The first kappa shape index (κ1) is 22.0. The summed E-state index contributed by atoms with van der Waals surface area (Å²) >= 11 is 3.38. The summed E-state index contributed by atoms with van der Waals surface area (Å²) in [5, 5.41) is 11.2. The number of fused-ring (bicyclic) bond motifs is 1. The zero-order chi connectivity index (χ0) is 21.8. The summed E-state index contributed by atoms with van der Waals surface area (Å²) in [5.41, 5.74) is 3.81. The number of Topliss-reactive ketones (excluding diaryl/α,β-unsaturated/α-hetero) is 1. The zero-order valence-corrected chi connectivity index (χ0v) is 18.8. The molecule has 0 aliphatic rings. The van der Waals surface area contributed by atoms with Gasteiger partial charge in [0.2, 0.25) is 0 Å². The number of esters is 1. The summed E-state index contributed by atoms with van der Waals surface area (Å²) in [6.45, 7) is 6.28. The van der Waals surface area contributed by atoms with Crippen LogP contribution in [0.5, 0.6) is 5.75 Å². The summed E-state index contributed by atoms with van der Waals surface area (Å²) in [6, 6.07) is 14.1. The molecule has 0 atom stereocenters. The lowest BCUT2D eigenvalue weighted by molar-refractivity contribution is -0.143. The van der Waals surface area contributed by atoms with E-state index < -0.39 is 11.8 Å². The van der Waals surface area contributed by atoms with Gasteiger partial charge in [0.05, 0.1) is 23.0 Å². The Morgan fingerprint density at radius 2 is 1.73 bits per heavy atom. The maximum Gasteiger partial charge on any atom is 0.306 e. The highest BCUT2D eigenvalue weighted by Crippen LogP contribution is 2.36. The third-order valence-electron chi connectivity index (χ3n) is 4.93. The fourth-order valence-electron chi connectivity index (χ4n) is 3.22. The summed E-state index contributed by atoms with van der Waals surface area (Å²) in [5.74, 6) is -0.614. The van der Waals surface area contributed by atoms with Crippen molar-refractivity contribution in [2.75, 3.05) is 6.61 Å². The van der Waals surface area contributed by atoms with Gasteiger partial charge in [-0.3, -0.25) is 9.59 Å². The maximum absolute atomic E-state index is 12.6. The van der Waals surface area contributed by atoms with Gasteiger partial charge in [0, 0.05) is 11.8 Å². The molecule has 0 unspecified atom stereocenters. The van der Waals surface area contributed by atoms with E-state index in [1.54, 1.807) is 6.92 Å². The highest BCUT2D eigenvalue weighted by Gasteiger charge is 2.20. The molecule has 1 N–H and O–H groups in total. The first-order chi connectivity index (χ1) is 14.3. The van der Waals surface area contributed by atoms with Crippen LogP contribution in [0.4, 0.5) is 0 Å². The second-order valence-corrected chi connectivity index (χ2v) is 8.15. The van der Waals surface area contributed by atoms with Gasteiger partial charge in [-0.15, -0.1) is 0 Å². The number of ether oxygens (including phenoxy) is 1. The molecule has 0 aliphatic heterocycles. The number of halogens is 1. The van der Waals surface area contributed by atoms with Gasteiger partial charge < -0.3 is 9.84 Å². The molecule has 3 aromatic rings. The van der Waals surface area contributed by atoms with Crippen LogP contribution in [-0.2, 0) is 9.53 Å². The van der Waals surface area contributed by atoms with E-state index in [4.69, 9.17) is 4.74 Å². The predicted octanol–water partition coefficient (Wildman–Crippen LogP) is 6.02. The second-order valence-electron chi connectivity index (χ2n) is 7.36. The van der Waals surface area contributed by atoms with Crippen LogP contribution in [0.2, 0.25) is 0 Å². The van der Waals surface area contributed by atoms with E-state index in [0.29, 0.717) is 21.3 Å². The van der Waals surface area contributed by atoms with Crippen LogP contribution in [-0.4, -0.2) is 28.4 Å². The molecular formula is C24H24BrNO4. The first-order valence-corrected chi connectivity index (χ1v) is 10.7. The molecule has 0 saturated carbocycles. The average Bonchev–Trinajstić information content (AvgIpc) is 2.74. The quantitative estimate of drug-likeness (QED) is 0.338. The van der Waals surface area contributed by atoms with E-state index in [9.17, 15) is 14.7 Å². The minimum Gasteiger partial charge on any atom is -0.504 e. The molecule has 5 nitrogen and oxygen atoms in total. The molecule has 0 bridgehead atoms. The average molecular weight is 470 g/mol. The van der Waals surface area contributed by atoms with Crippen molar-refractivity contribution < 1.29 is 19.4 Å². The molecular weight excluding hydrogens is 446 g/mol. The lowest BCUT2D eigenvalue weighted by Crippen LogP contribution is -2.09. The van der Waals surface area contributed by atoms with Crippen molar-refractivity contribution in [3.8, 4) is 16.9 Å². The molecule has 6 heteroatoms. The van der Waals surface area contributed by atoms with E-state index in [2.05, 4.69) is 59.0 Å². The number of carbonyl (C=O) groups excluding carboxylic acids is 2. The lowest BCUT2D eigenvalue weighted by Gasteiger charge is -2.11. The fraction of sp³-hybridized carbons (Fsp3) is 0.292. The van der Waals surface area contributed by atoms with Gasteiger partial charge >= 0.3 is 5.97 Å².